The molecule has 1 heterocycles. The van der Waals surface area contributed by atoms with E-state index in [-0.39, 0.29) is 0 Å². The summed E-state index contributed by atoms with van der Waals surface area (Å²) in [4.78, 5) is 13.0. The van der Waals surface area contributed by atoms with Gasteiger partial charge in [0.1, 0.15) is 11.9 Å². The highest BCUT2D eigenvalue weighted by Crippen LogP contribution is 2.12. The summed E-state index contributed by atoms with van der Waals surface area (Å²) in [6, 6.07) is 0.502. The lowest BCUT2D eigenvalue weighted by atomic mass is 10.2. The molecule has 5 heteroatoms. The van der Waals surface area contributed by atoms with Crippen LogP contribution < -0.4 is 11.5 Å². The predicted molar refractivity (Wildman–Crippen MR) is 39.8 cm³/mol. The topological polar surface area (TPSA) is 105 Å². The van der Waals surface area contributed by atoms with Crippen LogP contribution in [0, 0.1) is 0 Å². The van der Waals surface area contributed by atoms with Gasteiger partial charge in [-0.3, -0.25) is 4.79 Å². The first-order valence-corrected chi connectivity index (χ1v) is 3.03. The summed E-state index contributed by atoms with van der Waals surface area (Å²) in [5.41, 5.74) is 11.1. The predicted octanol–water partition coefficient (Wildman–Crippen LogP) is -0.319. The van der Waals surface area contributed by atoms with Gasteiger partial charge in [-0.05, 0) is 11.6 Å². The normalized spacial score (nSPS) is 12.8. The van der Waals surface area contributed by atoms with Crippen LogP contribution in [0.5, 0.6) is 0 Å². The van der Waals surface area contributed by atoms with Crippen molar-refractivity contribution in [3.63, 3.8) is 0 Å². The van der Waals surface area contributed by atoms with E-state index in [2.05, 4.69) is 4.98 Å². The maximum Gasteiger partial charge on any atom is 0.325 e. The average molecular weight is 155 g/mol. The largest absolute Gasteiger partial charge is 0.480 e. The number of hydrogen-bond donors (Lipinski definition) is 4. The quantitative estimate of drug-likeness (QED) is 0.469. The molecule has 5 nitrogen and oxygen atoms in total. The number of nitrogens with one attached hydrogen (secondary N) is 1. The molecule has 0 amide bonds. The number of carbonyl (C=O) groups is 1. The SMILES string of the molecule is Nc1cc(C(N)C(=O)O)c[nH]1. The Morgan fingerprint density at radius 1 is 1.73 bits per heavy atom. The van der Waals surface area contributed by atoms with Gasteiger partial charge in [0.2, 0.25) is 0 Å². The van der Waals surface area contributed by atoms with Gasteiger partial charge in [0.25, 0.3) is 0 Å². The molecule has 1 atom stereocenters. The van der Waals surface area contributed by atoms with Crippen LogP contribution in [0.3, 0.4) is 0 Å². The van der Waals surface area contributed by atoms with E-state index in [0.29, 0.717) is 11.4 Å². The second kappa shape index (κ2) is 2.63. The molecule has 1 unspecified atom stereocenters. The van der Waals surface area contributed by atoms with Crippen molar-refractivity contribution in [3.8, 4) is 0 Å². The van der Waals surface area contributed by atoms with Crippen molar-refractivity contribution in [3.05, 3.63) is 17.8 Å². The number of nitrogens with two attached hydrogens (primary N) is 2. The van der Waals surface area contributed by atoms with E-state index in [1.165, 1.54) is 12.3 Å². The second-order valence-electron chi connectivity index (χ2n) is 2.20. The maximum absolute atomic E-state index is 10.3. The molecule has 0 saturated carbocycles. The third kappa shape index (κ3) is 1.50. The average Bonchev–Trinajstić information content (AvgIpc) is 2.34. The van der Waals surface area contributed by atoms with Gasteiger partial charge < -0.3 is 21.6 Å². The fourth-order valence-corrected chi connectivity index (χ4v) is 0.752. The number of rotatable bonds is 2. The zero-order chi connectivity index (χ0) is 8.43. The minimum atomic E-state index is -1.07. The van der Waals surface area contributed by atoms with E-state index in [1.54, 1.807) is 0 Å². The molecule has 11 heavy (non-hydrogen) atoms. The highest BCUT2D eigenvalue weighted by atomic mass is 16.4. The van der Waals surface area contributed by atoms with Crippen molar-refractivity contribution < 1.29 is 9.90 Å². The lowest BCUT2D eigenvalue weighted by Crippen LogP contribution is -2.19. The smallest absolute Gasteiger partial charge is 0.325 e. The van der Waals surface area contributed by atoms with Crippen LogP contribution in [-0.2, 0) is 4.79 Å². The van der Waals surface area contributed by atoms with Crippen molar-refractivity contribution in [2.75, 3.05) is 5.73 Å². The van der Waals surface area contributed by atoms with Gasteiger partial charge >= 0.3 is 5.97 Å². The van der Waals surface area contributed by atoms with Crippen molar-refractivity contribution in [2.45, 2.75) is 6.04 Å². The number of nitrogen functional groups attached to an aromatic ring is 1. The number of carboxylic acid groups (broad SMARTS) is 1. The number of carboxylic acids is 1. The lowest BCUT2D eigenvalue weighted by molar-refractivity contribution is -0.138. The summed E-state index contributed by atoms with van der Waals surface area (Å²) in [5.74, 6) is -0.652. The Labute approximate surface area is 63.0 Å². The summed E-state index contributed by atoms with van der Waals surface area (Å²) >= 11 is 0. The molecule has 0 radical (unpaired) electrons. The van der Waals surface area contributed by atoms with Gasteiger partial charge in [0.05, 0.1) is 0 Å². The summed E-state index contributed by atoms with van der Waals surface area (Å²) in [6.07, 6.45) is 1.48. The van der Waals surface area contributed by atoms with Crippen molar-refractivity contribution in [1.82, 2.24) is 4.98 Å². The molecule has 1 aromatic rings. The van der Waals surface area contributed by atoms with Crippen LogP contribution in [0.1, 0.15) is 11.6 Å². The first-order valence-electron chi connectivity index (χ1n) is 3.03. The Morgan fingerprint density at radius 2 is 2.36 bits per heavy atom. The molecule has 0 bridgehead atoms. The minimum Gasteiger partial charge on any atom is -0.480 e. The number of anilines is 1. The van der Waals surface area contributed by atoms with Crippen LogP contribution in [-0.4, -0.2) is 16.1 Å². The number of H-pyrrole nitrogens is 1. The first-order chi connectivity index (χ1) is 5.11. The van der Waals surface area contributed by atoms with Crippen LogP contribution in [0.25, 0.3) is 0 Å². The summed E-state index contributed by atoms with van der Waals surface area (Å²) in [5, 5.41) is 8.46. The van der Waals surface area contributed by atoms with Crippen LogP contribution in [0.4, 0.5) is 5.82 Å². The highest BCUT2D eigenvalue weighted by Gasteiger charge is 2.14. The molecule has 1 rings (SSSR count). The number of aromatic nitrogens is 1. The molecule has 6 N–H and O–H groups in total. The zero-order valence-electron chi connectivity index (χ0n) is 5.74. The van der Waals surface area contributed by atoms with Crippen LogP contribution >= 0.6 is 0 Å². The summed E-state index contributed by atoms with van der Waals surface area (Å²) < 4.78 is 0. The molecule has 0 aliphatic heterocycles. The lowest BCUT2D eigenvalue weighted by Gasteiger charge is -2.00. The third-order valence-electron chi connectivity index (χ3n) is 1.35. The van der Waals surface area contributed by atoms with E-state index >= 15 is 0 Å². The molecule has 0 saturated heterocycles. The van der Waals surface area contributed by atoms with Crippen LogP contribution in [0.2, 0.25) is 0 Å². The third-order valence-corrected chi connectivity index (χ3v) is 1.35. The van der Waals surface area contributed by atoms with Gasteiger partial charge in [0, 0.05) is 6.20 Å². The molecule has 0 fully saturated rings. The summed E-state index contributed by atoms with van der Waals surface area (Å²) in [6.45, 7) is 0. The van der Waals surface area contributed by atoms with Gasteiger partial charge in [-0.1, -0.05) is 0 Å². The van der Waals surface area contributed by atoms with Gasteiger partial charge in [-0.2, -0.15) is 0 Å². The van der Waals surface area contributed by atoms with Crippen LogP contribution in [0.15, 0.2) is 12.3 Å². The Morgan fingerprint density at radius 3 is 2.73 bits per heavy atom. The molecule has 0 aromatic carbocycles. The number of aromatic amines is 1. The molecule has 0 aliphatic carbocycles. The minimum absolute atomic E-state index is 0.414. The van der Waals surface area contributed by atoms with E-state index in [0.717, 1.165) is 0 Å². The van der Waals surface area contributed by atoms with E-state index in [1.807, 2.05) is 0 Å². The fraction of sp³-hybridized carbons (Fsp3) is 0.167. The fourth-order valence-electron chi connectivity index (χ4n) is 0.752. The van der Waals surface area contributed by atoms with Crippen molar-refractivity contribution >= 4 is 11.8 Å². The molecular formula is C6H9N3O2. The van der Waals surface area contributed by atoms with Crippen molar-refractivity contribution in [1.29, 1.82) is 0 Å². The molecule has 60 valence electrons. The maximum atomic E-state index is 10.3. The van der Waals surface area contributed by atoms with Gasteiger partial charge in [0.15, 0.2) is 0 Å². The molecule has 0 spiro atoms. The first kappa shape index (κ1) is 7.62. The van der Waals surface area contributed by atoms with E-state index in [4.69, 9.17) is 16.6 Å². The molecular weight excluding hydrogens is 146 g/mol. The molecule has 1 aromatic heterocycles. The van der Waals surface area contributed by atoms with Crippen molar-refractivity contribution in [2.24, 2.45) is 5.73 Å². The van der Waals surface area contributed by atoms with Gasteiger partial charge in [-0.15, -0.1) is 0 Å². The Hall–Kier alpha value is -1.49. The summed E-state index contributed by atoms with van der Waals surface area (Å²) in [7, 11) is 0. The van der Waals surface area contributed by atoms with E-state index in [9.17, 15) is 4.79 Å². The zero-order valence-corrected chi connectivity index (χ0v) is 5.74. The Balaban J connectivity index is 2.84. The number of aliphatic carboxylic acids is 1. The Bertz CT molecular complexity index is 269. The standard InChI is InChI=1S/C6H9N3O2/c7-4-1-3(2-9-4)5(8)6(10)11/h1-2,5,9H,7-8H2,(H,10,11). The number of hydrogen-bond acceptors (Lipinski definition) is 3. The Kier molecular flexibility index (Phi) is 1.82. The monoisotopic (exact) mass is 155 g/mol. The highest BCUT2D eigenvalue weighted by molar-refractivity contribution is 5.75. The molecule has 0 aliphatic rings. The van der Waals surface area contributed by atoms with Gasteiger partial charge in [-0.25, -0.2) is 0 Å². The second-order valence-corrected chi connectivity index (χ2v) is 2.20. The van der Waals surface area contributed by atoms with E-state index < -0.39 is 12.0 Å².